The topological polar surface area (TPSA) is 32.3 Å². The average molecular weight is 155 g/mol. The van der Waals surface area contributed by atoms with E-state index in [0.717, 1.165) is 18.7 Å². The van der Waals surface area contributed by atoms with E-state index in [-0.39, 0.29) is 6.10 Å². The quantitative estimate of drug-likeness (QED) is 0.629. The first-order valence-corrected chi connectivity index (χ1v) is 4.37. The molecule has 0 aromatic heterocycles. The van der Waals surface area contributed by atoms with Gasteiger partial charge in [-0.25, -0.2) is 0 Å². The van der Waals surface area contributed by atoms with Crippen LogP contribution >= 0.6 is 0 Å². The number of hydrogen-bond acceptors (Lipinski definition) is 2. The summed E-state index contributed by atoms with van der Waals surface area (Å²) in [5, 5.41) is 12.7. The summed E-state index contributed by atoms with van der Waals surface area (Å²) in [7, 11) is 0. The number of rotatable bonds is 2. The third kappa shape index (κ3) is 2.22. The largest absolute Gasteiger partial charge is 0.387 e. The molecule has 0 aliphatic carbocycles. The highest BCUT2D eigenvalue weighted by molar-refractivity contribution is 5.09. The van der Waals surface area contributed by atoms with Crippen molar-refractivity contribution < 1.29 is 5.11 Å². The van der Waals surface area contributed by atoms with E-state index in [0.29, 0.717) is 5.92 Å². The van der Waals surface area contributed by atoms with Gasteiger partial charge in [0, 0.05) is 12.2 Å². The molecule has 0 bridgehead atoms. The van der Waals surface area contributed by atoms with Crippen LogP contribution in [0, 0.1) is 5.92 Å². The Balaban J connectivity index is 2.55. The van der Waals surface area contributed by atoms with Crippen LogP contribution in [0.15, 0.2) is 11.8 Å². The highest BCUT2D eigenvalue weighted by Crippen LogP contribution is 2.14. The number of allylic oxidation sites excluding steroid dienone is 1. The van der Waals surface area contributed by atoms with Crippen LogP contribution in [0.4, 0.5) is 0 Å². The molecule has 64 valence electrons. The molecular formula is C9H17NO. The molecule has 0 fully saturated rings. The van der Waals surface area contributed by atoms with Crippen LogP contribution in [0.3, 0.4) is 0 Å². The van der Waals surface area contributed by atoms with Gasteiger partial charge in [0.05, 0.1) is 6.10 Å². The lowest BCUT2D eigenvalue weighted by Gasteiger charge is -2.23. The van der Waals surface area contributed by atoms with E-state index in [9.17, 15) is 5.11 Å². The van der Waals surface area contributed by atoms with E-state index in [1.807, 2.05) is 6.92 Å². The molecule has 2 nitrogen and oxygen atoms in total. The Kier molecular flexibility index (Phi) is 2.94. The second-order valence-corrected chi connectivity index (χ2v) is 3.24. The Hall–Kier alpha value is -0.500. The second kappa shape index (κ2) is 3.77. The number of hydrogen-bond donors (Lipinski definition) is 2. The zero-order valence-corrected chi connectivity index (χ0v) is 7.30. The molecule has 0 saturated carbocycles. The van der Waals surface area contributed by atoms with E-state index >= 15 is 0 Å². The molecule has 2 heteroatoms. The van der Waals surface area contributed by atoms with Gasteiger partial charge in [0.2, 0.25) is 0 Å². The summed E-state index contributed by atoms with van der Waals surface area (Å²) in [6, 6.07) is 0. The molecule has 11 heavy (non-hydrogen) atoms. The highest BCUT2D eigenvalue weighted by atomic mass is 16.3. The van der Waals surface area contributed by atoms with Crippen LogP contribution in [0.25, 0.3) is 0 Å². The fourth-order valence-corrected chi connectivity index (χ4v) is 1.34. The monoisotopic (exact) mass is 155 g/mol. The van der Waals surface area contributed by atoms with E-state index < -0.39 is 0 Å². The predicted octanol–water partition coefficient (Wildman–Crippen LogP) is 1.27. The molecule has 2 atom stereocenters. The van der Waals surface area contributed by atoms with Gasteiger partial charge in [-0.15, -0.1) is 0 Å². The first-order valence-electron chi connectivity index (χ1n) is 4.37. The van der Waals surface area contributed by atoms with Gasteiger partial charge in [0.1, 0.15) is 0 Å². The van der Waals surface area contributed by atoms with E-state index in [4.69, 9.17) is 0 Å². The van der Waals surface area contributed by atoms with Crippen LogP contribution < -0.4 is 5.32 Å². The maximum absolute atomic E-state index is 9.47. The highest BCUT2D eigenvalue weighted by Gasteiger charge is 2.13. The van der Waals surface area contributed by atoms with Gasteiger partial charge in [-0.1, -0.05) is 19.9 Å². The maximum Gasteiger partial charge on any atom is 0.0928 e. The number of nitrogens with one attached hydrogen (secondary N) is 1. The van der Waals surface area contributed by atoms with Gasteiger partial charge >= 0.3 is 0 Å². The lowest BCUT2D eigenvalue weighted by molar-refractivity contribution is 0.194. The third-order valence-corrected chi connectivity index (χ3v) is 2.14. The van der Waals surface area contributed by atoms with Gasteiger partial charge in [-0.05, 0) is 18.8 Å². The van der Waals surface area contributed by atoms with Crippen LogP contribution in [-0.2, 0) is 0 Å². The molecule has 0 unspecified atom stereocenters. The fourth-order valence-electron chi connectivity index (χ4n) is 1.34. The lowest BCUT2D eigenvalue weighted by atomic mass is 10.0. The molecule has 0 amide bonds. The minimum absolute atomic E-state index is 0.280. The second-order valence-electron chi connectivity index (χ2n) is 3.24. The van der Waals surface area contributed by atoms with Gasteiger partial charge in [-0.2, -0.15) is 0 Å². The van der Waals surface area contributed by atoms with E-state index in [1.54, 1.807) is 0 Å². The Labute approximate surface area is 68.3 Å². The van der Waals surface area contributed by atoms with Crippen molar-refractivity contribution in [2.45, 2.75) is 32.8 Å². The molecule has 1 aliphatic heterocycles. The van der Waals surface area contributed by atoms with Crippen molar-refractivity contribution in [1.82, 2.24) is 5.32 Å². The first-order chi connectivity index (χ1) is 5.24. The van der Waals surface area contributed by atoms with Crippen molar-refractivity contribution in [2.24, 2.45) is 5.92 Å². The Morgan fingerprint density at radius 1 is 1.82 bits per heavy atom. The SMILES string of the molecule is CC[C@@H](O)C1=C[C@H](C)CCN1. The number of aliphatic hydroxyl groups is 1. The van der Waals surface area contributed by atoms with Crippen molar-refractivity contribution in [3.05, 3.63) is 11.8 Å². The fraction of sp³-hybridized carbons (Fsp3) is 0.778. The van der Waals surface area contributed by atoms with Crippen LogP contribution in [-0.4, -0.2) is 17.8 Å². The molecule has 0 radical (unpaired) electrons. The van der Waals surface area contributed by atoms with Crippen molar-refractivity contribution >= 4 is 0 Å². The molecule has 1 rings (SSSR count). The zero-order valence-electron chi connectivity index (χ0n) is 7.30. The summed E-state index contributed by atoms with van der Waals surface area (Å²) in [6.07, 6.45) is 3.83. The van der Waals surface area contributed by atoms with Crippen molar-refractivity contribution in [3.63, 3.8) is 0 Å². The van der Waals surface area contributed by atoms with Gasteiger partial charge in [0.15, 0.2) is 0 Å². The summed E-state index contributed by atoms with van der Waals surface area (Å²) >= 11 is 0. The molecule has 0 saturated heterocycles. The van der Waals surface area contributed by atoms with Gasteiger partial charge in [0.25, 0.3) is 0 Å². The first kappa shape index (κ1) is 8.60. The van der Waals surface area contributed by atoms with Crippen LogP contribution in [0.1, 0.15) is 26.7 Å². The van der Waals surface area contributed by atoms with Crippen molar-refractivity contribution in [1.29, 1.82) is 0 Å². The molecule has 2 N–H and O–H groups in total. The molecule has 1 heterocycles. The summed E-state index contributed by atoms with van der Waals surface area (Å²) in [5.41, 5.74) is 1.02. The third-order valence-electron chi connectivity index (χ3n) is 2.14. The summed E-state index contributed by atoms with van der Waals surface area (Å²) in [6.45, 7) is 5.18. The molecule has 0 aromatic carbocycles. The zero-order chi connectivity index (χ0) is 8.27. The van der Waals surface area contributed by atoms with Crippen molar-refractivity contribution in [2.75, 3.05) is 6.54 Å². The number of aliphatic hydroxyl groups excluding tert-OH is 1. The Bertz CT molecular complexity index is 154. The van der Waals surface area contributed by atoms with E-state index in [1.165, 1.54) is 6.42 Å². The molecule has 0 spiro atoms. The summed E-state index contributed by atoms with van der Waals surface area (Å²) in [5.74, 6) is 0.618. The minimum atomic E-state index is -0.280. The lowest BCUT2D eigenvalue weighted by Crippen LogP contribution is -2.29. The molecular weight excluding hydrogens is 138 g/mol. The summed E-state index contributed by atoms with van der Waals surface area (Å²) in [4.78, 5) is 0. The summed E-state index contributed by atoms with van der Waals surface area (Å²) < 4.78 is 0. The van der Waals surface area contributed by atoms with Crippen molar-refractivity contribution in [3.8, 4) is 0 Å². The predicted molar refractivity (Wildman–Crippen MR) is 46.2 cm³/mol. The average Bonchev–Trinajstić information content (AvgIpc) is 2.03. The Morgan fingerprint density at radius 2 is 2.55 bits per heavy atom. The van der Waals surface area contributed by atoms with Gasteiger partial charge < -0.3 is 10.4 Å². The standard InChI is InChI=1S/C9H17NO/c1-3-9(11)8-6-7(2)4-5-10-8/h6-7,9-11H,3-5H2,1-2H3/t7-,9-/m1/s1. The molecule has 0 aromatic rings. The van der Waals surface area contributed by atoms with Gasteiger partial charge in [-0.3, -0.25) is 0 Å². The minimum Gasteiger partial charge on any atom is -0.387 e. The maximum atomic E-state index is 9.47. The molecule has 1 aliphatic rings. The smallest absolute Gasteiger partial charge is 0.0928 e. The van der Waals surface area contributed by atoms with E-state index in [2.05, 4.69) is 18.3 Å². The van der Waals surface area contributed by atoms with Crippen LogP contribution in [0.2, 0.25) is 0 Å². The van der Waals surface area contributed by atoms with Crippen LogP contribution in [0.5, 0.6) is 0 Å². The Morgan fingerprint density at radius 3 is 3.09 bits per heavy atom. The normalized spacial score (nSPS) is 27.2.